The minimum Gasteiger partial charge on any atom is -0.353 e. The van der Waals surface area contributed by atoms with Crippen LogP contribution < -0.4 is 11.1 Å². The molecule has 1 saturated heterocycles. The van der Waals surface area contributed by atoms with E-state index in [-0.39, 0.29) is 11.9 Å². The van der Waals surface area contributed by atoms with Crippen LogP contribution >= 0.6 is 11.3 Å². The summed E-state index contributed by atoms with van der Waals surface area (Å²) in [6.45, 7) is 2.08. The predicted octanol–water partition coefficient (Wildman–Crippen LogP) is 2.14. The lowest BCUT2D eigenvalue weighted by Gasteiger charge is -2.29. The van der Waals surface area contributed by atoms with E-state index >= 15 is 0 Å². The number of hydrogen-bond donors (Lipinski definition) is 2. The summed E-state index contributed by atoms with van der Waals surface area (Å²) in [7, 11) is 2.12. The van der Waals surface area contributed by atoms with Gasteiger partial charge in [-0.2, -0.15) is 0 Å². The van der Waals surface area contributed by atoms with Gasteiger partial charge in [0.2, 0.25) is 5.91 Å². The molecule has 0 aliphatic carbocycles. The molecule has 0 radical (unpaired) electrons. The van der Waals surface area contributed by atoms with Crippen molar-refractivity contribution in [1.82, 2.24) is 15.2 Å². The lowest BCUT2D eigenvalue weighted by atomic mass is 10.1. The molecule has 0 saturated carbocycles. The number of aromatic nitrogens is 1. The van der Waals surface area contributed by atoms with Gasteiger partial charge in [-0.1, -0.05) is 30.3 Å². The van der Waals surface area contributed by atoms with Crippen molar-refractivity contribution in [2.75, 3.05) is 20.1 Å². The van der Waals surface area contributed by atoms with Gasteiger partial charge in [0.05, 0.1) is 18.2 Å². The van der Waals surface area contributed by atoms with Crippen molar-refractivity contribution in [3.63, 3.8) is 0 Å². The third-order valence-corrected chi connectivity index (χ3v) is 5.64. The molecule has 1 amide bonds. The van der Waals surface area contributed by atoms with Crippen LogP contribution in [-0.4, -0.2) is 42.0 Å². The SMILES string of the molecule is CN1CCC(NC(=O)Cc2csc(C(N)Cc3ccccc3)n2)CC1. The maximum absolute atomic E-state index is 12.2. The van der Waals surface area contributed by atoms with Gasteiger partial charge in [-0.3, -0.25) is 4.79 Å². The lowest BCUT2D eigenvalue weighted by molar-refractivity contribution is -0.121. The van der Waals surface area contributed by atoms with Crippen LogP contribution in [0.15, 0.2) is 35.7 Å². The van der Waals surface area contributed by atoms with Gasteiger partial charge in [0.25, 0.3) is 0 Å². The number of nitrogens with one attached hydrogen (secondary N) is 1. The van der Waals surface area contributed by atoms with E-state index in [1.54, 1.807) is 11.3 Å². The Morgan fingerprint density at radius 1 is 1.36 bits per heavy atom. The van der Waals surface area contributed by atoms with Gasteiger partial charge in [0.1, 0.15) is 5.01 Å². The Bertz CT molecular complexity index is 680. The summed E-state index contributed by atoms with van der Waals surface area (Å²) >= 11 is 1.54. The minimum atomic E-state index is -0.127. The maximum atomic E-state index is 12.2. The fourth-order valence-corrected chi connectivity index (χ4v) is 3.95. The van der Waals surface area contributed by atoms with Crippen molar-refractivity contribution < 1.29 is 4.79 Å². The zero-order chi connectivity index (χ0) is 17.6. The van der Waals surface area contributed by atoms with Crippen molar-refractivity contribution in [3.8, 4) is 0 Å². The van der Waals surface area contributed by atoms with Gasteiger partial charge in [-0.05, 0) is 45.0 Å². The quantitative estimate of drug-likeness (QED) is 0.830. The molecule has 1 aromatic heterocycles. The minimum absolute atomic E-state index is 0.0584. The average molecular weight is 359 g/mol. The van der Waals surface area contributed by atoms with E-state index in [0.717, 1.165) is 43.1 Å². The standard InChI is InChI=1S/C19H26N4OS/c1-23-9-7-15(8-10-23)21-18(24)12-16-13-25-19(22-16)17(20)11-14-5-3-2-4-6-14/h2-6,13,15,17H,7-12,20H2,1H3,(H,21,24). The number of nitrogens with two attached hydrogens (primary N) is 1. The van der Waals surface area contributed by atoms with Crippen LogP contribution in [0, 0.1) is 0 Å². The van der Waals surface area contributed by atoms with E-state index < -0.39 is 0 Å². The first-order chi connectivity index (χ1) is 12.1. The van der Waals surface area contributed by atoms with E-state index in [1.165, 1.54) is 5.56 Å². The van der Waals surface area contributed by atoms with Gasteiger partial charge in [0, 0.05) is 11.4 Å². The molecule has 0 bridgehead atoms. The van der Waals surface area contributed by atoms with Gasteiger partial charge >= 0.3 is 0 Å². The molecular weight excluding hydrogens is 332 g/mol. The molecule has 1 aliphatic rings. The van der Waals surface area contributed by atoms with E-state index in [1.807, 2.05) is 23.6 Å². The van der Waals surface area contributed by atoms with E-state index in [9.17, 15) is 4.79 Å². The molecule has 1 aromatic carbocycles. The molecule has 1 atom stereocenters. The van der Waals surface area contributed by atoms with Crippen LogP contribution in [0.4, 0.5) is 0 Å². The number of benzene rings is 1. The highest BCUT2D eigenvalue weighted by Crippen LogP contribution is 2.20. The van der Waals surface area contributed by atoms with Crippen molar-refractivity contribution in [2.45, 2.75) is 37.8 Å². The molecule has 25 heavy (non-hydrogen) atoms. The largest absolute Gasteiger partial charge is 0.353 e. The third kappa shape index (κ3) is 5.36. The maximum Gasteiger partial charge on any atom is 0.226 e. The monoisotopic (exact) mass is 358 g/mol. The molecule has 2 heterocycles. The van der Waals surface area contributed by atoms with E-state index in [2.05, 4.69) is 34.4 Å². The molecule has 3 N–H and O–H groups in total. The Kier molecular flexibility index (Phi) is 6.18. The van der Waals surface area contributed by atoms with Crippen molar-refractivity contribution in [3.05, 3.63) is 52.0 Å². The van der Waals surface area contributed by atoms with E-state index in [4.69, 9.17) is 5.73 Å². The van der Waals surface area contributed by atoms with Crippen LogP contribution in [0.25, 0.3) is 0 Å². The first-order valence-corrected chi connectivity index (χ1v) is 9.70. The van der Waals surface area contributed by atoms with Gasteiger partial charge in [-0.25, -0.2) is 4.98 Å². The second-order valence-corrected chi connectivity index (χ2v) is 7.68. The zero-order valence-electron chi connectivity index (χ0n) is 14.6. The number of nitrogens with zero attached hydrogens (tertiary/aromatic N) is 2. The molecule has 3 rings (SSSR count). The predicted molar refractivity (Wildman–Crippen MR) is 102 cm³/mol. The summed E-state index contributed by atoms with van der Waals surface area (Å²) < 4.78 is 0. The Balaban J connectivity index is 1.50. The Morgan fingerprint density at radius 3 is 2.80 bits per heavy atom. The van der Waals surface area contributed by atoms with Crippen LogP contribution in [0.3, 0.4) is 0 Å². The highest BCUT2D eigenvalue weighted by Gasteiger charge is 2.19. The molecule has 6 heteroatoms. The summed E-state index contributed by atoms with van der Waals surface area (Å²) in [5.74, 6) is 0.0584. The first-order valence-electron chi connectivity index (χ1n) is 8.82. The molecule has 5 nitrogen and oxygen atoms in total. The molecule has 1 fully saturated rings. The van der Waals surface area contributed by atoms with Crippen LogP contribution in [0.1, 0.15) is 35.1 Å². The van der Waals surface area contributed by atoms with Crippen molar-refractivity contribution in [1.29, 1.82) is 0 Å². The molecule has 134 valence electrons. The average Bonchev–Trinajstić information content (AvgIpc) is 3.06. The number of hydrogen-bond acceptors (Lipinski definition) is 5. The Morgan fingerprint density at radius 2 is 2.08 bits per heavy atom. The number of carbonyl (C=O) groups excluding carboxylic acids is 1. The Hall–Kier alpha value is -1.76. The number of carbonyl (C=O) groups is 1. The lowest BCUT2D eigenvalue weighted by Crippen LogP contribution is -2.43. The zero-order valence-corrected chi connectivity index (χ0v) is 15.5. The van der Waals surface area contributed by atoms with Crippen LogP contribution in [0.2, 0.25) is 0 Å². The summed E-state index contributed by atoms with van der Waals surface area (Å²) in [5.41, 5.74) is 8.29. The van der Waals surface area contributed by atoms with Gasteiger partial charge < -0.3 is 16.0 Å². The number of likely N-dealkylation sites (tertiary alicyclic amines) is 1. The topological polar surface area (TPSA) is 71.2 Å². The number of rotatable bonds is 6. The van der Waals surface area contributed by atoms with Gasteiger partial charge in [-0.15, -0.1) is 11.3 Å². The molecule has 1 unspecified atom stereocenters. The highest BCUT2D eigenvalue weighted by atomic mass is 32.1. The van der Waals surface area contributed by atoms with Crippen molar-refractivity contribution in [2.24, 2.45) is 5.73 Å². The third-order valence-electron chi connectivity index (χ3n) is 4.61. The summed E-state index contributed by atoms with van der Waals surface area (Å²) in [5, 5.41) is 5.98. The molecular formula is C19H26N4OS. The van der Waals surface area contributed by atoms with Crippen LogP contribution in [-0.2, 0) is 17.6 Å². The number of amides is 1. The smallest absolute Gasteiger partial charge is 0.226 e. The van der Waals surface area contributed by atoms with Crippen molar-refractivity contribution >= 4 is 17.2 Å². The second kappa shape index (κ2) is 8.56. The molecule has 0 spiro atoms. The normalized spacial score (nSPS) is 17.4. The second-order valence-electron chi connectivity index (χ2n) is 6.80. The Labute approximate surface area is 153 Å². The fraction of sp³-hybridized carbons (Fsp3) is 0.474. The van der Waals surface area contributed by atoms with Crippen LogP contribution in [0.5, 0.6) is 0 Å². The molecule has 2 aromatic rings. The summed E-state index contributed by atoms with van der Waals surface area (Å²) in [6.07, 6.45) is 3.13. The fourth-order valence-electron chi connectivity index (χ4n) is 3.13. The summed E-state index contributed by atoms with van der Waals surface area (Å²) in [4.78, 5) is 19.1. The number of piperidine rings is 1. The number of thiazole rings is 1. The molecule has 1 aliphatic heterocycles. The van der Waals surface area contributed by atoms with Gasteiger partial charge in [0.15, 0.2) is 0 Å². The summed E-state index contributed by atoms with van der Waals surface area (Å²) in [6, 6.07) is 10.3. The first kappa shape index (κ1) is 18.0. The highest BCUT2D eigenvalue weighted by molar-refractivity contribution is 7.09. The van der Waals surface area contributed by atoms with E-state index in [0.29, 0.717) is 12.5 Å².